The molecule has 2 aromatic heterocycles. The average Bonchev–Trinajstić information content (AvgIpc) is 3.10. The van der Waals surface area contributed by atoms with Crippen LogP contribution in [0.5, 0.6) is 0 Å². The molecule has 25 heavy (non-hydrogen) atoms. The summed E-state index contributed by atoms with van der Waals surface area (Å²) in [4.78, 5) is 24.3. The van der Waals surface area contributed by atoms with Crippen LogP contribution in [-0.2, 0) is 4.74 Å². The molecule has 0 bridgehead atoms. The molecule has 0 aromatic carbocycles. The lowest BCUT2D eigenvalue weighted by atomic mass is 9.93. The van der Waals surface area contributed by atoms with E-state index in [2.05, 4.69) is 25.0 Å². The molecule has 2 heterocycles. The molecular weight excluding hydrogens is 339 g/mol. The van der Waals surface area contributed by atoms with Crippen molar-refractivity contribution < 1.29 is 22.7 Å². The van der Waals surface area contributed by atoms with Gasteiger partial charge in [-0.05, 0) is 31.7 Å². The van der Waals surface area contributed by atoms with Gasteiger partial charge in [0, 0.05) is 24.6 Å². The second-order valence-corrected chi connectivity index (χ2v) is 5.72. The molecule has 1 saturated carbocycles. The highest BCUT2D eigenvalue weighted by molar-refractivity contribution is 5.90. The van der Waals surface area contributed by atoms with Crippen molar-refractivity contribution >= 4 is 5.91 Å². The molecule has 2 aromatic rings. The number of hydrogen-bond donors (Lipinski definition) is 1. The third-order valence-electron chi connectivity index (χ3n) is 3.92. The van der Waals surface area contributed by atoms with Crippen LogP contribution in [0.4, 0.5) is 13.2 Å². The van der Waals surface area contributed by atoms with Gasteiger partial charge in [0.2, 0.25) is 5.82 Å². The topological polar surface area (TPSA) is 81.9 Å². The second kappa shape index (κ2) is 7.18. The minimum Gasteiger partial charge on any atom is -0.347 e. The van der Waals surface area contributed by atoms with Gasteiger partial charge in [-0.1, -0.05) is 0 Å². The van der Waals surface area contributed by atoms with Crippen molar-refractivity contribution in [3.8, 4) is 5.82 Å². The van der Waals surface area contributed by atoms with E-state index in [1.807, 2.05) is 0 Å². The zero-order chi connectivity index (χ0) is 17.9. The van der Waals surface area contributed by atoms with Crippen molar-refractivity contribution in [2.75, 3.05) is 0 Å². The molecule has 0 spiro atoms. The summed E-state index contributed by atoms with van der Waals surface area (Å²) in [6.45, 7) is 0. The number of ether oxygens (including phenoxy) is 1. The van der Waals surface area contributed by atoms with Gasteiger partial charge in [0.05, 0.1) is 6.10 Å². The lowest BCUT2D eigenvalue weighted by Gasteiger charge is -2.29. The lowest BCUT2D eigenvalue weighted by molar-refractivity contribution is -0.345. The largest absolute Gasteiger partial charge is 0.522 e. The number of carbonyl (C=O) groups excluding carboxylic acids is 1. The van der Waals surface area contributed by atoms with Gasteiger partial charge in [-0.3, -0.25) is 14.1 Å². The molecule has 1 fully saturated rings. The quantitative estimate of drug-likeness (QED) is 0.910. The van der Waals surface area contributed by atoms with Crippen LogP contribution < -0.4 is 5.32 Å². The van der Waals surface area contributed by atoms with Crippen LogP contribution in [0.15, 0.2) is 31.0 Å². The zero-order valence-corrected chi connectivity index (χ0v) is 13.1. The first-order valence-electron chi connectivity index (χ1n) is 7.77. The molecule has 1 aliphatic carbocycles. The van der Waals surface area contributed by atoms with Crippen LogP contribution in [0.3, 0.4) is 0 Å². The van der Waals surface area contributed by atoms with Gasteiger partial charge in [0.15, 0.2) is 0 Å². The fraction of sp³-hybridized carbons (Fsp3) is 0.467. The Bertz CT molecular complexity index is 712. The van der Waals surface area contributed by atoms with E-state index in [1.165, 1.54) is 6.20 Å². The molecular formula is C15H16F3N5O2. The van der Waals surface area contributed by atoms with Gasteiger partial charge in [0.1, 0.15) is 12.1 Å². The van der Waals surface area contributed by atoms with E-state index >= 15 is 0 Å². The Labute approximate surface area is 141 Å². The number of alkyl halides is 3. The highest BCUT2D eigenvalue weighted by Gasteiger charge is 2.35. The molecule has 0 aliphatic heterocycles. The van der Waals surface area contributed by atoms with E-state index in [1.54, 1.807) is 29.4 Å². The first-order chi connectivity index (χ1) is 11.9. The molecule has 1 N–H and O–H groups in total. The first-order valence-corrected chi connectivity index (χ1v) is 7.77. The average molecular weight is 355 g/mol. The number of amides is 1. The van der Waals surface area contributed by atoms with Crippen molar-refractivity contribution in [3.05, 3.63) is 36.8 Å². The molecule has 134 valence electrons. The van der Waals surface area contributed by atoms with Gasteiger partial charge in [-0.15, -0.1) is 13.2 Å². The fourth-order valence-corrected chi connectivity index (χ4v) is 2.76. The first kappa shape index (κ1) is 17.3. The normalized spacial score (nSPS) is 21.1. The smallest absolute Gasteiger partial charge is 0.347 e. The van der Waals surface area contributed by atoms with Gasteiger partial charge in [0.25, 0.3) is 5.91 Å². The zero-order valence-electron chi connectivity index (χ0n) is 13.1. The van der Waals surface area contributed by atoms with Crippen LogP contribution in [0, 0.1) is 0 Å². The molecule has 3 rings (SSSR count). The number of nitrogens with one attached hydrogen (secondary N) is 1. The Morgan fingerprint density at radius 3 is 2.64 bits per heavy atom. The third-order valence-corrected chi connectivity index (χ3v) is 3.92. The predicted molar refractivity (Wildman–Crippen MR) is 79.8 cm³/mol. The summed E-state index contributed by atoms with van der Waals surface area (Å²) in [7, 11) is 0. The molecule has 0 saturated heterocycles. The third kappa shape index (κ3) is 4.75. The van der Waals surface area contributed by atoms with E-state index in [0.717, 1.165) is 0 Å². The van der Waals surface area contributed by atoms with Gasteiger partial charge in [-0.25, -0.2) is 15.0 Å². The number of imidazole rings is 1. The molecule has 0 atom stereocenters. The number of rotatable bonds is 4. The van der Waals surface area contributed by atoms with Crippen molar-refractivity contribution in [2.24, 2.45) is 0 Å². The molecule has 0 unspecified atom stereocenters. The maximum absolute atomic E-state index is 12.3. The van der Waals surface area contributed by atoms with Crippen LogP contribution in [0.2, 0.25) is 0 Å². The summed E-state index contributed by atoms with van der Waals surface area (Å²) in [6.07, 6.45) is 2.10. The highest BCUT2D eigenvalue weighted by atomic mass is 19.4. The van der Waals surface area contributed by atoms with Gasteiger partial charge in [-0.2, -0.15) is 0 Å². The van der Waals surface area contributed by atoms with Crippen molar-refractivity contribution in [1.29, 1.82) is 0 Å². The Morgan fingerprint density at radius 2 is 2.00 bits per heavy atom. The van der Waals surface area contributed by atoms with Crippen LogP contribution >= 0.6 is 0 Å². The molecule has 1 amide bonds. The van der Waals surface area contributed by atoms with Crippen molar-refractivity contribution in [1.82, 2.24) is 24.8 Å². The lowest BCUT2D eigenvalue weighted by Crippen LogP contribution is -2.40. The van der Waals surface area contributed by atoms with E-state index in [0.29, 0.717) is 18.7 Å². The number of halogens is 3. The SMILES string of the molecule is O=C(N[C@H]1CC[C@H](OC(F)(F)F)CC1)c1nccc(-n2ccnc2)n1. The van der Waals surface area contributed by atoms with Gasteiger partial charge < -0.3 is 5.32 Å². The Hall–Kier alpha value is -2.49. The monoisotopic (exact) mass is 355 g/mol. The van der Waals surface area contributed by atoms with E-state index < -0.39 is 18.4 Å². The Morgan fingerprint density at radius 1 is 1.24 bits per heavy atom. The van der Waals surface area contributed by atoms with Crippen molar-refractivity contribution in [2.45, 2.75) is 44.2 Å². The molecule has 10 heteroatoms. The number of carbonyl (C=O) groups is 1. The van der Waals surface area contributed by atoms with E-state index in [-0.39, 0.29) is 24.7 Å². The summed E-state index contributed by atoms with van der Waals surface area (Å²) in [5.41, 5.74) is 0. The molecule has 1 aliphatic rings. The van der Waals surface area contributed by atoms with Gasteiger partial charge >= 0.3 is 6.36 Å². The summed E-state index contributed by atoms with van der Waals surface area (Å²) < 4.78 is 42.3. The molecule has 0 radical (unpaired) electrons. The van der Waals surface area contributed by atoms with Crippen LogP contribution in [0.25, 0.3) is 5.82 Å². The maximum atomic E-state index is 12.3. The minimum atomic E-state index is -4.62. The summed E-state index contributed by atoms with van der Waals surface area (Å²) in [6, 6.07) is 1.42. The summed E-state index contributed by atoms with van der Waals surface area (Å²) in [5, 5.41) is 2.77. The summed E-state index contributed by atoms with van der Waals surface area (Å²) >= 11 is 0. The van der Waals surface area contributed by atoms with Crippen LogP contribution in [0.1, 0.15) is 36.3 Å². The second-order valence-electron chi connectivity index (χ2n) is 5.72. The number of aromatic nitrogens is 4. The fourth-order valence-electron chi connectivity index (χ4n) is 2.76. The maximum Gasteiger partial charge on any atom is 0.522 e. The number of hydrogen-bond acceptors (Lipinski definition) is 5. The Balaban J connectivity index is 1.56. The Kier molecular flexibility index (Phi) is 4.98. The van der Waals surface area contributed by atoms with Crippen molar-refractivity contribution in [3.63, 3.8) is 0 Å². The highest BCUT2D eigenvalue weighted by Crippen LogP contribution is 2.28. The summed E-state index contributed by atoms with van der Waals surface area (Å²) in [5.74, 6) is 0.0435. The number of nitrogens with zero attached hydrogens (tertiary/aromatic N) is 4. The predicted octanol–water partition coefficient (Wildman–Crippen LogP) is 2.24. The van der Waals surface area contributed by atoms with E-state index in [9.17, 15) is 18.0 Å². The van der Waals surface area contributed by atoms with Crippen LogP contribution in [-0.4, -0.2) is 43.9 Å². The minimum absolute atomic E-state index is 0.000125. The van der Waals surface area contributed by atoms with E-state index in [4.69, 9.17) is 0 Å². The standard InChI is InChI=1S/C15H16F3N5O2/c16-15(17,18)25-11-3-1-10(2-4-11)21-14(24)13-20-6-5-12(22-13)23-8-7-19-9-23/h5-11H,1-4H2,(H,21,24)/t10-,11-. The molecule has 7 nitrogen and oxygen atoms in total.